The molecule has 1 saturated carbocycles. The Morgan fingerprint density at radius 1 is 1.31 bits per heavy atom. The predicted octanol–water partition coefficient (Wildman–Crippen LogP) is 2.35. The molecule has 0 heterocycles. The molecule has 0 amide bonds. The van der Waals surface area contributed by atoms with Crippen molar-refractivity contribution in [3.63, 3.8) is 0 Å². The molecule has 0 bridgehead atoms. The van der Waals surface area contributed by atoms with E-state index in [-0.39, 0.29) is 6.10 Å². The molecule has 0 radical (unpaired) electrons. The lowest BCUT2D eigenvalue weighted by Crippen LogP contribution is -2.15. The molecule has 1 aliphatic carbocycles. The van der Waals surface area contributed by atoms with E-state index in [1.165, 1.54) is 19.3 Å². The van der Waals surface area contributed by atoms with Gasteiger partial charge < -0.3 is 9.84 Å². The molecule has 2 atom stereocenters. The van der Waals surface area contributed by atoms with Gasteiger partial charge in [0.15, 0.2) is 0 Å². The van der Waals surface area contributed by atoms with Crippen LogP contribution in [0.1, 0.15) is 45.4 Å². The predicted molar refractivity (Wildman–Crippen MR) is 53.7 cm³/mol. The molecule has 1 rings (SSSR count). The van der Waals surface area contributed by atoms with Gasteiger partial charge in [-0.15, -0.1) is 0 Å². The molecule has 0 saturated heterocycles. The third-order valence-electron chi connectivity index (χ3n) is 2.71. The zero-order valence-electron chi connectivity index (χ0n) is 8.67. The molecule has 1 aliphatic rings. The summed E-state index contributed by atoms with van der Waals surface area (Å²) >= 11 is 0. The Labute approximate surface area is 81.3 Å². The molecule has 78 valence electrons. The Hall–Kier alpha value is -0.0800. The van der Waals surface area contributed by atoms with Crippen LogP contribution in [0.25, 0.3) is 0 Å². The van der Waals surface area contributed by atoms with Gasteiger partial charge in [-0.25, -0.2) is 0 Å². The average molecular weight is 186 g/mol. The van der Waals surface area contributed by atoms with Gasteiger partial charge in [-0.1, -0.05) is 19.8 Å². The van der Waals surface area contributed by atoms with Crippen LogP contribution in [0.3, 0.4) is 0 Å². The van der Waals surface area contributed by atoms with E-state index < -0.39 is 0 Å². The maximum atomic E-state index is 9.56. The molecule has 0 aromatic rings. The van der Waals surface area contributed by atoms with E-state index in [1.54, 1.807) is 0 Å². The van der Waals surface area contributed by atoms with Crippen LogP contribution >= 0.6 is 0 Å². The number of aliphatic hydroxyl groups excluding tert-OH is 1. The van der Waals surface area contributed by atoms with Crippen molar-refractivity contribution in [1.29, 1.82) is 0 Å². The topological polar surface area (TPSA) is 29.5 Å². The fourth-order valence-electron chi connectivity index (χ4n) is 1.98. The van der Waals surface area contributed by atoms with Crippen molar-refractivity contribution in [3.05, 3.63) is 0 Å². The van der Waals surface area contributed by atoms with E-state index in [0.29, 0.717) is 5.92 Å². The Balaban J connectivity index is 2.15. The molecule has 0 aromatic carbocycles. The number of aliphatic hydroxyl groups is 1. The quantitative estimate of drug-likeness (QED) is 0.539. The van der Waals surface area contributed by atoms with E-state index in [2.05, 4.69) is 6.92 Å². The van der Waals surface area contributed by atoms with Gasteiger partial charge in [-0.2, -0.15) is 0 Å². The van der Waals surface area contributed by atoms with Crippen molar-refractivity contribution >= 4 is 0 Å². The number of ether oxygens (including phenoxy) is 1. The molecule has 2 nitrogen and oxygen atoms in total. The lowest BCUT2D eigenvalue weighted by molar-refractivity contribution is 0.0700. The van der Waals surface area contributed by atoms with Gasteiger partial charge in [0.25, 0.3) is 0 Å². The van der Waals surface area contributed by atoms with E-state index in [1.807, 2.05) is 0 Å². The zero-order valence-corrected chi connectivity index (χ0v) is 8.67. The molecule has 0 aromatic heterocycles. The van der Waals surface area contributed by atoms with Crippen LogP contribution in [0.2, 0.25) is 0 Å². The van der Waals surface area contributed by atoms with Crippen molar-refractivity contribution in [3.8, 4) is 0 Å². The Bertz CT molecular complexity index is 125. The van der Waals surface area contributed by atoms with E-state index in [9.17, 15) is 5.11 Å². The van der Waals surface area contributed by atoms with Crippen LogP contribution in [0, 0.1) is 5.92 Å². The van der Waals surface area contributed by atoms with Gasteiger partial charge in [-0.05, 0) is 31.6 Å². The maximum Gasteiger partial charge on any atom is 0.0543 e. The fourth-order valence-corrected chi connectivity index (χ4v) is 1.98. The summed E-state index contributed by atoms with van der Waals surface area (Å²) in [6.07, 6.45) is 6.64. The standard InChI is InChI=1S/C11H22O2/c1-2-7-13-9-10-5-3-4-6-11(12)8-10/h10-12H,2-9H2,1H3. The first kappa shape index (κ1) is 11.0. The molecule has 2 unspecified atom stereocenters. The highest BCUT2D eigenvalue weighted by Crippen LogP contribution is 2.23. The third kappa shape index (κ3) is 4.63. The molecule has 0 aliphatic heterocycles. The highest BCUT2D eigenvalue weighted by Gasteiger charge is 2.18. The van der Waals surface area contributed by atoms with Gasteiger partial charge in [0, 0.05) is 13.2 Å². The third-order valence-corrected chi connectivity index (χ3v) is 2.71. The van der Waals surface area contributed by atoms with Crippen molar-refractivity contribution in [2.24, 2.45) is 5.92 Å². The van der Waals surface area contributed by atoms with Crippen LogP contribution in [0.5, 0.6) is 0 Å². The molecule has 1 fully saturated rings. The van der Waals surface area contributed by atoms with Crippen molar-refractivity contribution in [2.45, 2.75) is 51.6 Å². The minimum Gasteiger partial charge on any atom is -0.393 e. The second-order valence-electron chi connectivity index (χ2n) is 4.11. The summed E-state index contributed by atoms with van der Waals surface area (Å²) < 4.78 is 5.52. The number of hydrogen-bond acceptors (Lipinski definition) is 2. The van der Waals surface area contributed by atoms with Gasteiger partial charge in [-0.3, -0.25) is 0 Å². The van der Waals surface area contributed by atoms with Gasteiger partial charge in [0.05, 0.1) is 6.10 Å². The summed E-state index contributed by atoms with van der Waals surface area (Å²) in [5.41, 5.74) is 0. The first-order valence-corrected chi connectivity index (χ1v) is 5.58. The normalized spacial score (nSPS) is 30.0. The minimum absolute atomic E-state index is 0.0715. The Kier molecular flexibility index (Phi) is 5.40. The summed E-state index contributed by atoms with van der Waals surface area (Å²) in [7, 11) is 0. The maximum absolute atomic E-state index is 9.56. The Morgan fingerprint density at radius 2 is 2.08 bits per heavy atom. The number of rotatable bonds is 4. The molecular weight excluding hydrogens is 164 g/mol. The monoisotopic (exact) mass is 186 g/mol. The van der Waals surface area contributed by atoms with Crippen molar-refractivity contribution < 1.29 is 9.84 Å². The summed E-state index contributed by atoms with van der Waals surface area (Å²) in [4.78, 5) is 0. The highest BCUT2D eigenvalue weighted by molar-refractivity contribution is 4.69. The molecule has 2 heteroatoms. The van der Waals surface area contributed by atoms with E-state index >= 15 is 0 Å². The van der Waals surface area contributed by atoms with Crippen molar-refractivity contribution in [1.82, 2.24) is 0 Å². The summed E-state index contributed by atoms with van der Waals surface area (Å²) in [6.45, 7) is 3.85. The molecule has 13 heavy (non-hydrogen) atoms. The van der Waals surface area contributed by atoms with E-state index in [0.717, 1.165) is 32.5 Å². The molecule has 1 N–H and O–H groups in total. The van der Waals surface area contributed by atoms with Crippen LogP contribution < -0.4 is 0 Å². The molecular formula is C11H22O2. The van der Waals surface area contributed by atoms with Gasteiger partial charge in [0.2, 0.25) is 0 Å². The first-order chi connectivity index (χ1) is 6.33. The average Bonchev–Trinajstić information content (AvgIpc) is 2.31. The summed E-state index contributed by atoms with van der Waals surface area (Å²) in [5.74, 6) is 0.601. The smallest absolute Gasteiger partial charge is 0.0543 e. The Morgan fingerprint density at radius 3 is 2.85 bits per heavy atom. The summed E-state index contributed by atoms with van der Waals surface area (Å²) in [5, 5.41) is 9.56. The van der Waals surface area contributed by atoms with Gasteiger partial charge >= 0.3 is 0 Å². The first-order valence-electron chi connectivity index (χ1n) is 5.58. The lowest BCUT2D eigenvalue weighted by Gasteiger charge is -2.16. The van der Waals surface area contributed by atoms with Crippen LogP contribution in [-0.2, 0) is 4.74 Å². The van der Waals surface area contributed by atoms with Crippen LogP contribution in [0.4, 0.5) is 0 Å². The fraction of sp³-hybridized carbons (Fsp3) is 1.00. The van der Waals surface area contributed by atoms with Crippen molar-refractivity contribution in [2.75, 3.05) is 13.2 Å². The SMILES string of the molecule is CCCOCC1CCCCC(O)C1. The summed E-state index contributed by atoms with van der Waals surface area (Å²) in [6, 6.07) is 0. The number of hydrogen-bond donors (Lipinski definition) is 1. The van der Waals surface area contributed by atoms with Crippen LogP contribution in [0.15, 0.2) is 0 Å². The second kappa shape index (κ2) is 6.39. The minimum atomic E-state index is -0.0715. The molecule has 0 spiro atoms. The van der Waals surface area contributed by atoms with Crippen LogP contribution in [-0.4, -0.2) is 24.4 Å². The zero-order chi connectivity index (χ0) is 9.52. The lowest BCUT2D eigenvalue weighted by atomic mass is 10.0. The van der Waals surface area contributed by atoms with E-state index in [4.69, 9.17) is 4.74 Å². The second-order valence-corrected chi connectivity index (χ2v) is 4.11. The van der Waals surface area contributed by atoms with Gasteiger partial charge in [0.1, 0.15) is 0 Å². The largest absolute Gasteiger partial charge is 0.393 e. The highest BCUT2D eigenvalue weighted by atomic mass is 16.5.